The van der Waals surface area contributed by atoms with Gasteiger partial charge in [0.05, 0.1) is 17.1 Å². The van der Waals surface area contributed by atoms with Crippen LogP contribution in [0.1, 0.15) is 5.56 Å². The van der Waals surface area contributed by atoms with Gasteiger partial charge in [0.2, 0.25) is 5.52 Å². The quantitative estimate of drug-likeness (QED) is 0.291. The number of pyridine rings is 1. The summed E-state index contributed by atoms with van der Waals surface area (Å²) in [7, 11) is 0. The van der Waals surface area contributed by atoms with Gasteiger partial charge in [0.15, 0.2) is 6.54 Å². The molecule has 5 heteroatoms. The lowest BCUT2D eigenvalue weighted by Gasteiger charge is -2.08. The van der Waals surface area contributed by atoms with Crippen LogP contribution in [0.2, 0.25) is 0 Å². The minimum atomic E-state index is -0.425. The molecule has 0 N–H and O–H groups in total. The molecule has 4 aromatic rings. The molecule has 132 valence electrons. The maximum Gasteiger partial charge on any atom is 0.374 e. The predicted octanol–water partition coefficient (Wildman–Crippen LogP) is 4.88. The molecular weight excluding hydrogens is 340 g/mol. The Bertz CT molecular complexity index is 1110. The number of hydrogen-bond acceptors (Lipinski definition) is 3. The smallest absolute Gasteiger partial charge is 0.374 e. The van der Waals surface area contributed by atoms with Crippen LogP contribution in [0, 0.1) is 10.1 Å². The van der Waals surface area contributed by atoms with E-state index in [1.54, 1.807) is 12.1 Å². The van der Waals surface area contributed by atoms with Crippen molar-refractivity contribution in [2.24, 2.45) is 0 Å². The lowest BCUT2D eigenvalue weighted by atomic mass is 10.2. The first kappa shape index (κ1) is 16.7. The molecule has 0 bridgehead atoms. The van der Waals surface area contributed by atoms with Gasteiger partial charge in [0, 0.05) is 23.1 Å². The zero-order valence-corrected chi connectivity index (χ0v) is 14.5. The summed E-state index contributed by atoms with van der Waals surface area (Å²) in [5, 5.41) is 12.1. The number of benzene rings is 3. The van der Waals surface area contributed by atoms with Gasteiger partial charge >= 0.3 is 5.88 Å². The first-order chi connectivity index (χ1) is 13.2. The highest BCUT2D eigenvalue weighted by Crippen LogP contribution is 2.25. The number of fused-ring (bicyclic) bond motifs is 1. The summed E-state index contributed by atoms with van der Waals surface area (Å²) in [5.41, 5.74) is 2.18. The van der Waals surface area contributed by atoms with Crippen LogP contribution < -0.4 is 9.30 Å². The summed E-state index contributed by atoms with van der Waals surface area (Å²) in [5.74, 6) is 1.05. The molecule has 5 nitrogen and oxygen atoms in total. The van der Waals surface area contributed by atoms with Crippen molar-refractivity contribution in [3.05, 3.63) is 107 Å². The molecule has 0 aliphatic carbocycles. The van der Waals surface area contributed by atoms with Crippen LogP contribution in [0.3, 0.4) is 0 Å². The van der Waals surface area contributed by atoms with Crippen LogP contribution in [-0.2, 0) is 6.54 Å². The lowest BCUT2D eigenvalue weighted by molar-refractivity contribution is -0.666. The highest BCUT2D eigenvalue weighted by atomic mass is 16.6. The summed E-state index contributed by atoms with van der Waals surface area (Å²) in [6, 6.07) is 28.3. The van der Waals surface area contributed by atoms with Gasteiger partial charge in [0.25, 0.3) is 5.69 Å². The van der Waals surface area contributed by atoms with Crippen molar-refractivity contribution in [2.45, 2.75) is 6.54 Å². The minimum absolute atomic E-state index is 0.00268. The van der Waals surface area contributed by atoms with Gasteiger partial charge in [-0.3, -0.25) is 10.1 Å². The second kappa shape index (κ2) is 7.25. The van der Waals surface area contributed by atoms with Crippen molar-refractivity contribution in [3.8, 4) is 11.6 Å². The average Bonchev–Trinajstić information content (AvgIpc) is 2.71. The fourth-order valence-corrected chi connectivity index (χ4v) is 3.04. The number of hydrogen-bond donors (Lipinski definition) is 0. The van der Waals surface area contributed by atoms with E-state index in [9.17, 15) is 10.1 Å². The maximum atomic E-state index is 11.0. The predicted molar refractivity (Wildman–Crippen MR) is 103 cm³/mol. The van der Waals surface area contributed by atoms with E-state index >= 15 is 0 Å². The van der Waals surface area contributed by atoms with Crippen LogP contribution >= 0.6 is 0 Å². The van der Waals surface area contributed by atoms with Crippen molar-refractivity contribution in [1.29, 1.82) is 0 Å². The molecule has 0 spiro atoms. The van der Waals surface area contributed by atoms with E-state index in [0.717, 1.165) is 16.5 Å². The van der Waals surface area contributed by atoms with E-state index in [1.165, 1.54) is 12.1 Å². The minimum Gasteiger partial charge on any atom is -0.405 e. The van der Waals surface area contributed by atoms with Crippen LogP contribution in [0.5, 0.6) is 11.6 Å². The topological polar surface area (TPSA) is 56.3 Å². The van der Waals surface area contributed by atoms with E-state index in [2.05, 4.69) is 16.7 Å². The average molecular weight is 357 g/mol. The third kappa shape index (κ3) is 3.62. The molecule has 4 rings (SSSR count). The molecule has 0 aliphatic heterocycles. The molecule has 0 saturated heterocycles. The number of non-ortho nitro benzene ring substituents is 1. The maximum absolute atomic E-state index is 11.0. The van der Waals surface area contributed by atoms with Gasteiger partial charge in [-0.1, -0.05) is 48.5 Å². The Kier molecular flexibility index (Phi) is 4.49. The van der Waals surface area contributed by atoms with Crippen molar-refractivity contribution < 1.29 is 14.2 Å². The number of para-hydroxylation sites is 1. The summed E-state index contributed by atoms with van der Waals surface area (Å²) < 4.78 is 8.11. The Morgan fingerprint density at radius 1 is 0.852 bits per heavy atom. The molecule has 0 atom stereocenters. The highest BCUT2D eigenvalue weighted by molar-refractivity contribution is 5.75. The lowest BCUT2D eigenvalue weighted by Crippen LogP contribution is -2.36. The normalized spacial score (nSPS) is 10.7. The highest BCUT2D eigenvalue weighted by Gasteiger charge is 2.19. The monoisotopic (exact) mass is 357 g/mol. The van der Waals surface area contributed by atoms with E-state index < -0.39 is 4.92 Å². The zero-order chi connectivity index (χ0) is 18.6. The van der Waals surface area contributed by atoms with Gasteiger partial charge in [-0.15, -0.1) is 0 Å². The molecule has 0 radical (unpaired) electrons. The van der Waals surface area contributed by atoms with Crippen molar-refractivity contribution >= 4 is 16.6 Å². The first-order valence-corrected chi connectivity index (χ1v) is 8.58. The largest absolute Gasteiger partial charge is 0.405 e. The first-order valence-electron chi connectivity index (χ1n) is 8.58. The number of nitro benzene ring substituents is 1. The van der Waals surface area contributed by atoms with Crippen LogP contribution in [0.4, 0.5) is 5.69 Å². The molecule has 27 heavy (non-hydrogen) atoms. The standard InChI is InChI=1S/C22H17N2O3/c25-24(26)19-10-6-11-20(15-19)27-22-14-13-18-9-4-5-12-21(18)23(22)16-17-7-2-1-3-8-17/h1-15H,16H2/q+1. The van der Waals surface area contributed by atoms with Crippen LogP contribution in [-0.4, -0.2) is 4.92 Å². The molecule has 0 unspecified atom stereocenters. The molecule has 0 aliphatic rings. The Labute approximate surface area is 156 Å². The zero-order valence-electron chi connectivity index (χ0n) is 14.5. The molecule has 1 heterocycles. The molecule has 0 fully saturated rings. The van der Waals surface area contributed by atoms with E-state index in [1.807, 2.05) is 54.6 Å². The molecule has 3 aromatic carbocycles. The molecule has 1 aromatic heterocycles. The van der Waals surface area contributed by atoms with Gasteiger partial charge in [-0.05, 0) is 18.2 Å². The Balaban J connectivity index is 1.79. The van der Waals surface area contributed by atoms with Crippen molar-refractivity contribution in [1.82, 2.24) is 0 Å². The van der Waals surface area contributed by atoms with Gasteiger partial charge in [0.1, 0.15) is 5.75 Å². The number of rotatable bonds is 5. The Hall–Kier alpha value is -3.73. The number of ether oxygens (including phenoxy) is 1. The summed E-state index contributed by atoms with van der Waals surface area (Å²) >= 11 is 0. The fourth-order valence-electron chi connectivity index (χ4n) is 3.04. The van der Waals surface area contributed by atoms with Crippen molar-refractivity contribution in [2.75, 3.05) is 0 Å². The van der Waals surface area contributed by atoms with Gasteiger partial charge in [-0.2, -0.15) is 4.57 Å². The van der Waals surface area contributed by atoms with Crippen molar-refractivity contribution in [3.63, 3.8) is 0 Å². The Morgan fingerprint density at radius 3 is 2.44 bits per heavy atom. The summed E-state index contributed by atoms with van der Waals surface area (Å²) in [6.45, 7) is 0.631. The van der Waals surface area contributed by atoms with Gasteiger partial charge in [-0.25, -0.2) is 0 Å². The third-order valence-corrected chi connectivity index (χ3v) is 4.33. The molecule has 0 saturated carbocycles. The summed E-state index contributed by atoms with van der Waals surface area (Å²) in [4.78, 5) is 10.6. The van der Waals surface area contributed by atoms with Gasteiger partial charge < -0.3 is 4.74 Å². The molecule has 0 amide bonds. The van der Waals surface area contributed by atoms with Crippen LogP contribution in [0.25, 0.3) is 10.9 Å². The van der Waals surface area contributed by atoms with E-state index in [4.69, 9.17) is 4.74 Å². The molecular formula is C22H17N2O3+. The Morgan fingerprint density at radius 2 is 1.63 bits per heavy atom. The second-order valence-corrected chi connectivity index (χ2v) is 6.16. The number of nitrogens with zero attached hydrogens (tertiary/aromatic N) is 2. The van der Waals surface area contributed by atoms with E-state index in [0.29, 0.717) is 18.2 Å². The number of aromatic nitrogens is 1. The van der Waals surface area contributed by atoms with E-state index in [-0.39, 0.29) is 5.69 Å². The third-order valence-electron chi connectivity index (χ3n) is 4.33. The fraction of sp³-hybridized carbons (Fsp3) is 0.0455. The summed E-state index contributed by atoms with van der Waals surface area (Å²) in [6.07, 6.45) is 0. The second-order valence-electron chi connectivity index (χ2n) is 6.16. The van der Waals surface area contributed by atoms with Crippen LogP contribution in [0.15, 0.2) is 91.0 Å². The SMILES string of the molecule is O=[N+]([O-])c1cccc(Oc2ccc3ccccc3[n+]2Cc2ccccc2)c1. The number of nitro groups is 1.